The SMILES string of the molecule is Oc1ccc2ccccc2c1C=NN1CCCCC1. The van der Waals surface area contributed by atoms with E-state index >= 15 is 0 Å². The number of benzene rings is 2. The molecule has 2 aromatic carbocycles. The number of phenols is 1. The summed E-state index contributed by atoms with van der Waals surface area (Å²) >= 11 is 0. The molecule has 0 radical (unpaired) electrons. The number of hydrazone groups is 1. The van der Waals surface area contributed by atoms with Crippen molar-refractivity contribution in [2.45, 2.75) is 19.3 Å². The molecule has 0 spiro atoms. The van der Waals surface area contributed by atoms with E-state index in [0.29, 0.717) is 5.75 Å². The van der Waals surface area contributed by atoms with Crippen molar-refractivity contribution in [3.63, 3.8) is 0 Å². The normalized spacial score (nSPS) is 16.3. The van der Waals surface area contributed by atoms with Crippen molar-refractivity contribution in [2.75, 3.05) is 13.1 Å². The Morgan fingerprint density at radius 1 is 1.00 bits per heavy atom. The monoisotopic (exact) mass is 254 g/mol. The second kappa shape index (κ2) is 5.31. The predicted molar refractivity (Wildman–Crippen MR) is 78.6 cm³/mol. The van der Waals surface area contributed by atoms with Crippen molar-refractivity contribution in [1.82, 2.24) is 5.01 Å². The van der Waals surface area contributed by atoms with E-state index < -0.39 is 0 Å². The van der Waals surface area contributed by atoms with Crippen LogP contribution in [0.25, 0.3) is 10.8 Å². The van der Waals surface area contributed by atoms with Crippen LogP contribution in [0.1, 0.15) is 24.8 Å². The van der Waals surface area contributed by atoms with E-state index in [9.17, 15) is 5.11 Å². The molecule has 3 nitrogen and oxygen atoms in total. The van der Waals surface area contributed by atoms with Crippen LogP contribution in [0.5, 0.6) is 5.75 Å². The summed E-state index contributed by atoms with van der Waals surface area (Å²) in [7, 11) is 0. The van der Waals surface area contributed by atoms with E-state index in [0.717, 1.165) is 29.4 Å². The Kier molecular flexibility index (Phi) is 3.36. The number of aromatic hydroxyl groups is 1. The molecule has 1 N–H and O–H groups in total. The Labute approximate surface area is 113 Å². The van der Waals surface area contributed by atoms with Gasteiger partial charge in [-0.1, -0.05) is 30.3 Å². The fourth-order valence-corrected chi connectivity index (χ4v) is 2.55. The van der Waals surface area contributed by atoms with Crippen LogP contribution in [0.3, 0.4) is 0 Å². The summed E-state index contributed by atoms with van der Waals surface area (Å²) in [6.07, 6.45) is 5.51. The fourth-order valence-electron chi connectivity index (χ4n) is 2.55. The molecule has 0 aromatic heterocycles. The van der Waals surface area contributed by atoms with E-state index in [1.165, 1.54) is 19.3 Å². The van der Waals surface area contributed by atoms with Gasteiger partial charge in [-0.25, -0.2) is 0 Å². The van der Waals surface area contributed by atoms with Crippen LogP contribution in [0.4, 0.5) is 0 Å². The molecule has 1 saturated heterocycles. The second-order valence-electron chi connectivity index (χ2n) is 4.98. The maximum absolute atomic E-state index is 10.0. The highest BCUT2D eigenvalue weighted by Gasteiger charge is 2.08. The van der Waals surface area contributed by atoms with Gasteiger partial charge in [0.1, 0.15) is 5.75 Å². The number of hydrogen-bond donors (Lipinski definition) is 1. The van der Waals surface area contributed by atoms with Gasteiger partial charge in [0, 0.05) is 18.7 Å². The van der Waals surface area contributed by atoms with Crippen molar-refractivity contribution in [2.24, 2.45) is 5.10 Å². The smallest absolute Gasteiger partial charge is 0.125 e. The van der Waals surface area contributed by atoms with Gasteiger partial charge in [0.05, 0.1) is 6.21 Å². The first-order valence-corrected chi connectivity index (χ1v) is 6.84. The van der Waals surface area contributed by atoms with Gasteiger partial charge in [-0.3, -0.25) is 5.01 Å². The lowest BCUT2D eigenvalue weighted by atomic mass is 10.0. The third-order valence-electron chi connectivity index (χ3n) is 3.63. The molecule has 3 heteroatoms. The Balaban J connectivity index is 1.95. The topological polar surface area (TPSA) is 35.8 Å². The molecule has 0 saturated carbocycles. The van der Waals surface area contributed by atoms with Crippen molar-refractivity contribution >= 4 is 17.0 Å². The van der Waals surface area contributed by atoms with Gasteiger partial charge >= 0.3 is 0 Å². The van der Waals surface area contributed by atoms with E-state index in [-0.39, 0.29) is 0 Å². The average molecular weight is 254 g/mol. The van der Waals surface area contributed by atoms with Gasteiger partial charge in [0.2, 0.25) is 0 Å². The standard InChI is InChI=1S/C16H18N2O/c19-16-9-8-13-6-2-3-7-14(13)15(16)12-17-18-10-4-1-5-11-18/h2-3,6-9,12,19H,1,4-5,10-11H2. The minimum Gasteiger partial charge on any atom is -0.507 e. The highest BCUT2D eigenvalue weighted by molar-refractivity contribution is 6.02. The number of rotatable bonds is 2. The van der Waals surface area contributed by atoms with Gasteiger partial charge < -0.3 is 5.11 Å². The van der Waals surface area contributed by atoms with Crippen LogP contribution in [0.2, 0.25) is 0 Å². The fraction of sp³-hybridized carbons (Fsp3) is 0.312. The van der Waals surface area contributed by atoms with Crippen LogP contribution in [0.15, 0.2) is 41.5 Å². The van der Waals surface area contributed by atoms with E-state index in [4.69, 9.17) is 0 Å². The number of piperidine rings is 1. The molecule has 0 aliphatic carbocycles. The highest BCUT2D eigenvalue weighted by atomic mass is 16.3. The molecule has 0 unspecified atom stereocenters. The number of phenolic OH excluding ortho intramolecular Hbond substituents is 1. The molecule has 3 rings (SSSR count). The summed E-state index contributed by atoms with van der Waals surface area (Å²) in [6, 6.07) is 11.7. The van der Waals surface area contributed by atoms with Crippen molar-refractivity contribution in [3.8, 4) is 5.75 Å². The van der Waals surface area contributed by atoms with Gasteiger partial charge in [0.15, 0.2) is 0 Å². The summed E-state index contributed by atoms with van der Waals surface area (Å²) in [4.78, 5) is 0. The maximum Gasteiger partial charge on any atom is 0.125 e. The van der Waals surface area contributed by atoms with Gasteiger partial charge in [-0.15, -0.1) is 0 Å². The predicted octanol–water partition coefficient (Wildman–Crippen LogP) is 3.37. The first-order valence-electron chi connectivity index (χ1n) is 6.84. The molecule has 1 fully saturated rings. The molecule has 19 heavy (non-hydrogen) atoms. The summed E-state index contributed by atoms with van der Waals surface area (Å²) in [5, 5.41) is 18.8. The lowest BCUT2D eigenvalue weighted by Crippen LogP contribution is -2.24. The molecular formula is C16H18N2O. The van der Waals surface area contributed by atoms with Crippen LogP contribution < -0.4 is 0 Å². The molecule has 0 bridgehead atoms. The van der Waals surface area contributed by atoms with E-state index in [1.807, 2.05) is 30.3 Å². The Bertz CT molecular complexity index is 601. The first-order chi connectivity index (χ1) is 9.34. The molecule has 2 aromatic rings. The van der Waals surface area contributed by atoms with Crippen molar-refractivity contribution in [1.29, 1.82) is 0 Å². The van der Waals surface area contributed by atoms with Crippen LogP contribution in [0, 0.1) is 0 Å². The summed E-state index contributed by atoms with van der Waals surface area (Å²) in [5.74, 6) is 0.291. The summed E-state index contributed by atoms with van der Waals surface area (Å²) < 4.78 is 0. The quantitative estimate of drug-likeness (QED) is 0.834. The first kappa shape index (κ1) is 12.0. The zero-order chi connectivity index (χ0) is 13.1. The van der Waals surface area contributed by atoms with Gasteiger partial charge in [-0.2, -0.15) is 5.10 Å². The van der Waals surface area contributed by atoms with Crippen LogP contribution in [-0.4, -0.2) is 29.4 Å². The van der Waals surface area contributed by atoms with E-state index in [2.05, 4.69) is 10.1 Å². The molecule has 0 amide bonds. The lowest BCUT2D eigenvalue weighted by molar-refractivity contribution is 0.240. The molecule has 1 heterocycles. The van der Waals surface area contributed by atoms with E-state index in [1.54, 1.807) is 12.3 Å². The lowest BCUT2D eigenvalue weighted by Gasteiger charge is -2.23. The second-order valence-corrected chi connectivity index (χ2v) is 4.98. The van der Waals surface area contributed by atoms with Gasteiger partial charge in [-0.05, 0) is 36.1 Å². The minimum atomic E-state index is 0.291. The number of fused-ring (bicyclic) bond motifs is 1. The zero-order valence-electron chi connectivity index (χ0n) is 10.9. The van der Waals surface area contributed by atoms with Crippen molar-refractivity contribution < 1.29 is 5.11 Å². The Morgan fingerprint density at radius 2 is 1.79 bits per heavy atom. The molecule has 1 aliphatic heterocycles. The molecule has 98 valence electrons. The zero-order valence-corrected chi connectivity index (χ0v) is 10.9. The maximum atomic E-state index is 10.0. The highest BCUT2D eigenvalue weighted by Crippen LogP contribution is 2.25. The average Bonchev–Trinajstić information content (AvgIpc) is 2.47. The number of hydrogen-bond acceptors (Lipinski definition) is 3. The summed E-state index contributed by atoms with van der Waals surface area (Å²) in [6.45, 7) is 2.03. The molecular weight excluding hydrogens is 236 g/mol. The largest absolute Gasteiger partial charge is 0.507 e. The number of nitrogens with zero attached hydrogens (tertiary/aromatic N) is 2. The summed E-state index contributed by atoms with van der Waals surface area (Å²) in [5.41, 5.74) is 0.809. The molecule has 0 atom stereocenters. The minimum absolute atomic E-state index is 0.291. The Morgan fingerprint density at radius 3 is 2.63 bits per heavy atom. The van der Waals surface area contributed by atoms with Crippen molar-refractivity contribution in [3.05, 3.63) is 42.0 Å². The van der Waals surface area contributed by atoms with Crippen LogP contribution in [-0.2, 0) is 0 Å². The third-order valence-corrected chi connectivity index (χ3v) is 3.63. The van der Waals surface area contributed by atoms with Gasteiger partial charge in [0.25, 0.3) is 0 Å². The Hall–Kier alpha value is -2.03. The molecule has 1 aliphatic rings. The third kappa shape index (κ3) is 2.55. The van der Waals surface area contributed by atoms with Crippen LogP contribution >= 0.6 is 0 Å².